The highest BCUT2D eigenvalue weighted by Crippen LogP contribution is 2.61. The van der Waals surface area contributed by atoms with Crippen LogP contribution in [0.4, 0.5) is 11.4 Å². The molecule has 1 aliphatic rings. The van der Waals surface area contributed by atoms with Crippen LogP contribution in [0.3, 0.4) is 0 Å². The number of nitrogens with zero attached hydrogens (tertiary/aromatic N) is 2. The van der Waals surface area contributed by atoms with Gasteiger partial charge >= 0.3 is 0 Å². The molecule has 0 N–H and O–H groups in total. The Morgan fingerprint density at radius 2 is 1.10 bits per heavy atom. The first kappa shape index (κ1) is 23.1. The van der Waals surface area contributed by atoms with Gasteiger partial charge in [0, 0.05) is 38.3 Å². The van der Waals surface area contributed by atoms with Crippen molar-refractivity contribution in [3.05, 3.63) is 152 Å². The van der Waals surface area contributed by atoms with Crippen molar-refractivity contribution >= 4 is 51.1 Å². The van der Waals surface area contributed by atoms with Crippen molar-refractivity contribution in [3.63, 3.8) is 0 Å². The summed E-state index contributed by atoms with van der Waals surface area (Å²) < 4.78 is 20.1. The zero-order valence-corrected chi connectivity index (χ0v) is 22.6. The number of para-hydroxylation sites is 3. The van der Waals surface area contributed by atoms with Crippen molar-refractivity contribution in [3.8, 4) is 16.8 Å². The van der Waals surface area contributed by atoms with E-state index in [2.05, 4.69) is 100 Å². The summed E-state index contributed by atoms with van der Waals surface area (Å²) in [6.07, 6.45) is 0. The minimum absolute atomic E-state index is 0.823. The summed E-state index contributed by atoms with van der Waals surface area (Å²) in [5.41, 5.74) is 7.38. The molecule has 8 rings (SSSR count). The summed E-state index contributed by atoms with van der Waals surface area (Å²) in [5, 5.41) is 3.99. The maximum Gasteiger partial charge on any atom is 0.234 e. The van der Waals surface area contributed by atoms with Crippen LogP contribution in [-0.4, -0.2) is 4.57 Å². The first-order valence-electron chi connectivity index (χ1n) is 13.5. The van der Waals surface area contributed by atoms with Crippen LogP contribution in [0.5, 0.6) is 0 Å². The number of benzene rings is 6. The maximum absolute atomic E-state index is 15.7. The van der Waals surface area contributed by atoms with Gasteiger partial charge in [-0.15, -0.1) is 0 Å². The Kier molecular flexibility index (Phi) is 5.10. The molecule has 0 bridgehead atoms. The molecule has 1 aliphatic heterocycles. The van der Waals surface area contributed by atoms with Crippen LogP contribution in [0.1, 0.15) is 0 Å². The van der Waals surface area contributed by atoms with Crippen molar-refractivity contribution in [2.45, 2.75) is 0 Å². The summed E-state index contributed by atoms with van der Waals surface area (Å²) in [4.78, 5) is 0. The molecule has 1 aromatic heterocycles. The van der Waals surface area contributed by atoms with Gasteiger partial charge in [-0.25, -0.2) is 0 Å². The summed E-state index contributed by atoms with van der Waals surface area (Å²) in [7, 11) is -3.28. The van der Waals surface area contributed by atoms with E-state index in [1.165, 1.54) is 5.39 Å². The molecule has 0 saturated carbocycles. The molecular formula is C36H25N2OP. The maximum atomic E-state index is 15.7. The van der Waals surface area contributed by atoms with E-state index >= 15 is 4.57 Å². The van der Waals surface area contributed by atoms with Gasteiger partial charge in [-0.2, -0.15) is 0 Å². The molecule has 190 valence electrons. The third kappa shape index (κ3) is 3.22. The van der Waals surface area contributed by atoms with Gasteiger partial charge in [0.25, 0.3) is 0 Å². The molecule has 0 amide bonds. The monoisotopic (exact) mass is 532 g/mol. The van der Waals surface area contributed by atoms with Crippen LogP contribution in [0, 0.1) is 0 Å². The number of aromatic nitrogens is 1. The van der Waals surface area contributed by atoms with Crippen LogP contribution in [0.2, 0.25) is 0 Å². The summed E-state index contributed by atoms with van der Waals surface area (Å²) in [6, 6.07) is 51.9. The Hall–Kier alpha value is -4.85. The lowest BCUT2D eigenvalue weighted by molar-refractivity contribution is 0.587. The number of fused-ring (bicyclic) bond motifs is 6. The van der Waals surface area contributed by atoms with Gasteiger partial charge in [0.15, 0.2) is 0 Å². The van der Waals surface area contributed by atoms with Crippen LogP contribution in [0.25, 0.3) is 38.6 Å². The third-order valence-corrected chi connectivity index (χ3v) is 11.0. The predicted molar refractivity (Wildman–Crippen MR) is 168 cm³/mol. The van der Waals surface area contributed by atoms with Crippen molar-refractivity contribution in [2.24, 2.45) is 0 Å². The minimum atomic E-state index is -3.28. The molecule has 4 heteroatoms. The Bertz CT molecular complexity index is 2100. The topological polar surface area (TPSA) is 25.2 Å². The molecule has 0 radical (unpaired) electrons. The lowest BCUT2D eigenvalue weighted by atomic mass is 10.0. The first-order chi connectivity index (χ1) is 19.7. The van der Waals surface area contributed by atoms with Crippen molar-refractivity contribution in [1.29, 1.82) is 0 Å². The summed E-state index contributed by atoms with van der Waals surface area (Å²) in [5.74, 6) is 0. The lowest BCUT2D eigenvalue weighted by Crippen LogP contribution is -2.33. The molecule has 0 spiro atoms. The number of rotatable bonds is 3. The molecule has 1 unspecified atom stereocenters. The lowest BCUT2D eigenvalue weighted by Gasteiger charge is -2.40. The minimum Gasteiger partial charge on any atom is -0.309 e. The molecule has 7 aromatic rings. The van der Waals surface area contributed by atoms with Crippen LogP contribution >= 0.6 is 7.29 Å². The fourth-order valence-electron chi connectivity index (χ4n) is 6.25. The van der Waals surface area contributed by atoms with E-state index in [0.717, 1.165) is 55.2 Å². The molecule has 2 heterocycles. The quantitative estimate of drug-likeness (QED) is 0.213. The molecule has 6 aromatic carbocycles. The van der Waals surface area contributed by atoms with Gasteiger partial charge in [-0.3, -0.25) is 9.24 Å². The van der Waals surface area contributed by atoms with E-state index in [1.54, 1.807) is 0 Å². The van der Waals surface area contributed by atoms with E-state index in [0.29, 0.717) is 0 Å². The Balaban J connectivity index is 1.45. The molecule has 40 heavy (non-hydrogen) atoms. The van der Waals surface area contributed by atoms with E-state index in [4.69, 9.17) is 0 Å². The Morgan fingerprint density at radius 3 is 1.93 bits per heavy atom. The number of hydrogen-bond acceptors (Lipinski definition) is 1. The second-order valence-electron chi connectivity index (χ2n) is 10.1. The van der Waals surface area contributed by atoms with Crippen LogP contribution < -0.4 is 15.3 Å². The zero-order chi connectivity index (χ0) is 26.7. The van der Waals surface area contributed by atoms with Gasteiger partial charge < -0.3 is 4.57 Å². The second-order valence-corrected chi connectivity index (χ2v) is 12.7. The SMILES string of the molecule is O=P1(c2ccccc2)c2ccccc2-c2ccccc2N1c1ccc2c(c1)c1ccccc1n2-c1ccccc1. The summed E-state index contributed by atoms with van der Waals surface area (Å²) in [6.45, 7) is 0. The van der Waals surface area contributed by atoms with Gasteiger partial charge in [0.2, 0.25) is 7.29 Å². The van der Waals surface area contributed by atoms with E-state index < -0.39 is 7.29 Å². The zero-order valence-electron chi connectivity index (χ0n) is 21.7. The average Bonchev–Trinajstić information content (AvgIpc) is 3.36. The van der Waals surface area contributed by atoms with E-state index in [9.17, 15) is 0 Å². The second kappa shape index (κ2) is 8.84. The molecule has 0 aliphatic carbocycles. The largest absolute Gasteiger partial charge is 0.309 e. The Morgan fingerprint density at radius 1 is 0.475 bits per heavy atom. The fourth-order valence-corrected chi connectivity index (χ4v) is 9.28. The molecule has 3 nitrogen and oxygen atoms in total. The fraction of sp³-hybridized carbons (Fsp3) is 0. The summed E-state index contributed by atoms with van der Waals surface area (Å²) >= 11 is 0. The average molecular weight is 533 g/mol. The molecule has 0 saturated heterocycles. The van der Waals surface area contributed by atoms with Crippen molar-refractivity contribution in [2.75, 3.05) is 4.67 Å². The van der Waals surface area contributed by atoms with Crippen molar-refractivity contribution in [1.82, 2.24) is 4.57 Å². The number of anilines is 2. The highest BCUT2D eigenvalue weighted by Gasteiger charge is 2.42. The van der Waals surface area contributed by atoms with Crippen molar-refractivity contribution < 1.29 is 4.57 Å². The van der Waals surface area contributed by atoms with E-state index in [-0.39, 0.29) is 0 Å². The Labute approximate surface area is 233 Å². The van der Waals surface area contributed by atoms with E-state index in [1.807, 2.05) is 60.7 Å². The van der Waals surface area contributed by atoms with Gasteiger partial charge in [-0.05, 0) is 66.2 Å². The molecule has 1 atom stereocenters. The van der Waals surface area contributed by atoms with Crippen LogP contribution in [0.15, 0.2) is 152 Å². The first-order valence-corrected chi connectivity index (χ1v) is 15.1. The smallest absolute Gasteiger partial charge is 0.234 e. The molecular weight excluding hydrogens is 507 g/mol. The van der Waals surface area contributed by atoms with Gasteiger partial charge in [-0.1, -0.05) is 91.0 Å². The van der Waals surface area contributed by atoms with Gasteiger partial charge in [0.05, 0.1) is 16.7 Å². The number of hydrogen-bond donors (Lipinski definition) is 0. The highest BCUT2D eigenvalue weighted by molar-refractivity contribution is 7.80. The highest BCUT2D eigenvalue weighted by atomic mass is 31.2. The standard InChI is InChI=1S/C36H25N2OP/c39-40(28-15-5-2-6-16-28)36-22-12-9-19-31(36)29-17-8-11-21-35(29)38(40)27-23-24-34-32(25-27)30-18-7-10-20-33(30)37(34)26-13-3-1-4-14-26/h1-25H. The third-order valence-electron chi connectivity index (χ3n) is 7.96. The van der Waals surface area contributed by atoms with Gasteiger partial charge in [0.1, 0.15) is 0 Å². The normalized spacial score (nSPS) is 16.1. The molecule has 0 fully saturated rings. The predicted octanol–water partition coefficient (Wildman–Crippen LogP) is 8.83. The van der Waals surface area contributed by atoms with Crippen LogP contribution in [-0.2, 0) is 4.57 Å².